The second-order valence-electron chi connectivity index (χ2n) is 4.63. The smallest absolute Gasteiger partial charge is 0.240 e. The zero-order valence-corrected chi connectivity index (χ0v) is 10.2. The van der Waals surface area contributed by atoms with Gasteiger partial charge in [0.1, 0.15) is 5.75 Å². The van der Waals surface area contributed by atoms with Gasteiger partial charge in [0.15, 0.2) is 0 Å². The van der Waals surface area contributed by atoms with Crippen LogP contribution in [0.4, 0.5) is 0 Å². The van der Waals surface area contributed by atoms with Gasteiger partial charge in [0.05, 0.1) is 18.7 Å². The van der Waals surface area contributed by atoms with E-state index in [9.17, 15) is 4.79 Å². The Morgan fingerprint density at radius 3 is 2.82 bits per heavy atom. The average molecular weight is 234 g/mol. The molecule has 0 bridgehead atoms. The molecule has 1 aliphatic carbocycles. The van der Waals surface area contributed by atoms with Crippen LogP contribution in [0.2, 0.25) is 0 Å². The van der Waals surface area contributed by atoms with Gasteiger partial charge in [-0.25, -0.2) is 0 Å². The number of hydrogen-bond donors (Lipinski definition) is 2. The fraction of sp³-hybridized carbons (Fsp3) is 0.462. The van der Waals surface area contributed by atoms with Gasteiger partial charge in [-0.05, 0) is 37.5 Å². The lowest BCUT2D eigenvalue weighted by atomic mass is 10.1. The van der Waals surface area contributed by atoms with E-state index in [-0.39, 0.29) is 11.9 Å². The Bertz CT molecular complexity index is 427. The molecule has 17 heavy (non-hydrogen) atoms. The zero-order chi connectivity index (χ0) is 12.5. The maximum atomic E-state index is 11.8. The third kappa shape index (κ3) is 2.58. The third-order valence-corrected chi connectivity index (χ3v) is 3.18. The number of hydrogen-bond acceptors (Lipinski definition) is 3. The first-order valence-corrected chi connectivity index (χ1v) is 5.79. The fourth-order valence-electron chi connectivity index (χ4n) is 1.70. The fourth-order valence-corrected chi connectivity index (χ4v) is 1.70. The molecule has 4 heteroatoms. The van der Waals surface area contributed by atoms with Gasteiger partial charge in [-0.1, -0.05) is 12.1 Å². The molecule has 0 radical (unpaired) electrons. The molecule has 0 unspecified atom stereocenters. The van der Waals surface area contributed by atoms with Crippen LogP contribution in [-0.2, 0) is 4.79 Å². The van der Waals surface area contributed by atoms with Gasteiger partial charge >= 0.3 is 0 Å². The highest BCUT2D eigenvalue weighted by atomic mass is 16.5. The molecule has 0 saturated heterocycles. The summed E-state index contributed by atoms with van der Waals surface area (Å²) in [5, 5.41) is 2.93. The van der Waals surface area contributed by atoms with Crippen molar-refractivity contribution in [3.63, 3.8) is 0 Å². The number of carbonyl (C=O) groups is 1. The van der Waals surface area contributed by atoms with Crippen LogP contribution in [0.15, 0.2) is 24.3 Å². The Hall–Kier alpha value is -1.55. The van der Waals surface area contributed by atoms with Gasteiger partial charge in [0.2, 0.25) is 5.91 Å². The maximum absolute atomic E-state index is 11.8. The van der Waals surface area contributed by atoms with Gasteiger partial charge in [0.25, 0.3) is 0 Å². The van der Waals surface area contributed by atoms with Crippen molar-refractivity contribution in [2.24, 2.45) is 5.73 Å². The van der Waals surface area contributed by atoms with E-state index in [0.29, 0.717) is 0 Å². The highest BCUT2D eigenvalue weighted by Gasteiger charge is 2.46. The van der Waals surface area contributed by atoms with Gasteiger partial charge < -0.3 is 15.8 Å². The standard InChI is InChI=1S/C13H18N2O2/c1-9(15-12(16)13(14)6-7-13)10-4-3-5-11(8-10)17-2/h3-5,8-9H,6-7,14H2,1-2H3,(H,15,16)/t9-/m1/s1. The molecule has 92 valence electrons. The quantitative estimate of drug-likeness (QED) is 0.826. The third-order valence-electron chi connectivity index (χ3n) is 3.18. The number of nitrogens with two attached hydrogens (primary N) is 1. The van der Waals surface area contributed by atoms with E-state index in [1.807, 2.05) is 31.2 Å². The molecule has 0 spiro atoms. The van der Waals surface area contributed by atoms with Gasteiger partial charge in [-0.2, -0.15) is 0 Å². The van der Waals surface area contributed by atoms with Crippen molar-refractivity contribution in [2.75, 3.05) is 7.11 Å². The van der Waals surface area contributed by atoms with E-state index in [1.165, 1.54) is 0 Å². The van der Waals surface area contributed by atoms with E-state index in [0.717, 1.165) is 24.2 Å². The maximum Gasteiger partial charge on any atom is 0.240 e. The van der Waals surface area contributed by atoms with E-state index >= 15 is 0 Å². The number of ether oxygens (including phenoxy) is 1. The topological polar surface area (TPSA) is 64.3 Å². The number of benzene rings is 1. The second kappa shape index (κ2) is 4.37. The summed E-state index contributed by atoms with van der Waals surface area (Å²) >= 11 is 0. The Morgan fingerprint density at radius 2 is 2.24 bits per heavy atom. The number of methoxy groups -OCH3 is 1. The van der Waals surface area contributed by atoms with Crippen molar-refractivity contribution in [2.45, 2.75) is 31.3 Å². The molecular weight excluding hydrogens is 216 g/mol. The minimum Gasteiger partial charge on any atom is -0.497 e. The molecule has 1 aromatic carbocycles. The van der Waals surface area contributed by atoms with Crippen LogP contribution in [-0.4, -0.2) is 18.6 Å². The lowest BCUT2D eigenvalue weighted by molar-refractivity contribution is -0.123. The van der Waals surface area contributed by atoms with Crippen molar-refractivity contribution < 1.29 is 9.53 Å². The Labute approximate surface area is 101 Å². The van der Waals surface area contributed by atoms with Crippen LogP contribution in [0.25, 0.3) is 0 Å². The van der Waals surface area contributed by atoms with Crippen LogP contribution < -0.4 is 15.8 Å². The lowest BCUT2D eigenvalue weighted by Gasteiger charge is -2.17. The largest absolute Gasteiger partial charge is 0.497 e. The molecule has 0 aromatic heterocycles. The summed E-state index contributed by atoms with van der Waals surface area (Å²) in [6, 6.07) is 7.61. The molecule has 4 nitrogen and oxygen atoms in total. The number of carbonyl (C=O) groups excluding carboxylic acids is 1. The molecule has 0 heterocycles. The predicted octanol–water partition coefficient (Wildman–Crippen LogP) is 1.36. The van der Waals surface area contributed by atoms with Crippen LogP contribution in [0.1, 0.15) is 31.4 Å². The first kappa shape index (κ1) is 11.9. The molecule has 1 amide bonds. The molecule has 1 aromatic rings. The highest BCUT2D eigenvalue weighted by molar-refractivity contribution is 5.89. The van der Waals surface area contributed by atoms with E-state index in [4.69, 9.17) is 10.5 Å². The summed E-state index contributed by atoms with van der Waals surface area (Å²) in [7, 11) is 1.63. The minimum absolute atomic E-state index is 0.0568. The van der Waals surface area contributed by atoms with Crippen molar-refractivity contribution in [1.29, 1.82) is 0 Å². The lowest BCUT2D eigenvalue weighted by Crippen LogP contribution is -2.43. The molecule has 3 N–H and O–H groups in total. The van der Waals surface area contributed by atoms with Gasteiger partial charge in [-0.15, -0.1) is 0 Å². The second-order valence-corrected chi connectivity index (χ2v) is 4.63. The van der Waals surface area contributed by atoms with Gasteiger partial charge in [0, 0.05) is 0 Å². The van der Waals surface area contributed by atoms with E-state index in [2.05, 4.69) is 5.32 Å². The SMILES string of the molecule is COc1cccc([C@@H](C)NC(=O)C2(N)CC2)c1. The number of rotatable bonds is 4. The Kier molecular flexibility index (Phi) is 3.07. The minimum atomic E-state index is -0.618. The summed E-state index contributed by atoms with van der Waals surface area (Å²) < 4.78 is 5.15. The summed E-state index contributed by atoms with van der Waals surface area (Å²) in [4.78, 5) is 11.8. The van der Waals surface area contributed by atoms with Crippen LogP contribution in [0, 0.1) is 0 Å². The molecule has 1 aliphatic rings. The van der Waals surface area contributed by atoms with Crippen LogP contribution >= 0.6 is 0 Å². The van der Waals surface area contributed by atoms with E-state index < -0.39 is 5.54 Å². The van der Waals surface area contributed by atoms with Crippen molar-refractivity contribution in [3.8, 4) is 5.75 Å². The number of amides is 1. The first-order valence-electron chi connectivity index (χ1n) is 5.79. The zero-order valence-electron chi connectivity index (χ0n) is 10.2. The molecular formula is C13H18N2O2. The Morgan fingerprint density at radius 1 is 1.53 bits per heavy atom. The first-order chi connectivity index (χ1) is 8.05. The van der Waals surface area contributed by atoms with Crippen LogP contribution in [0.3, 0.4) is 0 Å². The van der Waals surface area contributed by atoms with Crippen molar-refractivity contribution >= 4 is 5.91 Å². The summed E-state index contributed by atoms with van der Waals surface area (Å²) in [5.74, 6) is 0.727. The average Bonchev–Trinajstić information content (AvgIpc) is 3.08. The Balaban J connectivity index is 2.03. The summed E-state index contributed by atoms with van der Waals surface area (Å²) in [5.41, 5.74) is 6.23. The molecule has 2 rings (SSSR count). The molecule has 1 saturated carbocycles. The monoisotopic (exact) mass is 234 g/mol. The van der Waals surface area contributed by atoms with Gasteiger partial charge in [-0.3, -0.25) is 4.79 Å². The van der Waals surface area contributed by atoms with Crippen molar-refractivity contribution in [1.82, 2.24) is 5.32 Å². The molecule has 0 aliphatic heterocycles. The summed E-state index contributed by atoms with van der Waals surface area (Å²) in [6.45, 7) is 1.94. The molecule has 1 fully saturated rings. The number of nitrogens with one attached hydrogen (secondary N) is 1. The highest BCUT2D eigenvalue weighted by Crippen LogP contribution is 2.33. The predicted molar refractivity (Wildman–Crippen MR) is 65.7 cm³/mol. The summed E-state index contributed by atoms with van der Waals surface area (Å²) in [6.07, 6.45) is 1.56. The normalized spacial score (nSPS) is 18.3. The van der Waals surface area contributed by atoms with Crippen molar-refractivity contribution in [3.05, 3.63) is 29.8 Å². The molecule has 1 atom stereocenters. The van der Waals surface area contributed by atoms with Crippen LogP contribution in [0.5, 0.6) is 5.75 Å². The van der Waals surface area contributed by atoms with E-state index in [1.54, 1.807) is 7.11 Å².